The number of nitrogens with zero attached hydrogens (tertiary/aromatic N) is 1. The normalized spacial score (nSPS) is 14.6. The lowest BCUT2D eigenvalue weighted by Gasteiger charge is -2.03. The molecule has 1 atom stereocenters. The molecule has 0 N–H and O–H groups in total. The third-order valence-electron chi connectivity index (χ3n) is 0.945. The number of thioether (sulfide) groups is 1. The second kappa shape index (κ2) is 6.88. The average Bonchev–Trinajstić information content (AvgIpc) is 2.00. The summed E-state index contributed by atoms with van der Waals surface area (Å²) in [5.41, 5.74) is 0. The van der Waals surface area contributed by atoms with E-state index in [0.29, 0.717) is 0 Å². The Morgan fingerprint density at radius 1 is 1.91 bits per heavy atom. The van der Waals surface area contributed by atoms with E-state index >= 15 is 0 Å². The molecule has 0 bridgehead atoms. The molecule has 0 aromatic heterocycles. The van der Waals surface area contributed by atoms with Crippen molar-refractivity contribution in [2.24, 2.45) is 4.99 Å². The Balaban J connectivity index is 3.69. The number of hydrogen-bond acceptors (Lipinski definition) is 3. The Morgan fingerprint density at radius 3 is 3.00 bits per heavy atom. The van der Waals surface area contributed by atoms with Crippen molar-refractivity contribution in [3.8, 4) is 0 Å². The predicted octanol–water partition coefficient (Wildman–Crippen LogP) is 2.65. The molecule has 0 heterocycles. The standard InChI is InChI=1S/C7H12BrNOS/c1-4-5-11-7(8)9-6(2)10-3/h4,6H,1,5H2,2-3H3. The Kier molecular flexibility index (Phi) is 7.01. The fourth-order valence-corrected chi connectivity index (χ4v) is 1.52. The van der Waals surface area contributed by atoms with E-state index in [1.54, 1.807) is 18.9 Å². The smallest absolute Gasteiger partial charge is 0.147 e. The van der Waals surface area contributed by atoms with Gasteiger partial charge >= 0.3 is 0 Å². The molecule has 0 saturated carbocycles. The summed E-state index contributed by atoms with van der Waals surface area (Å²) in [6.45, 7) is 5.49. The number of hydrogen-bond donors (Lipinski definition) is 0. The van der Waals surface area contributed by atoms with E-state index in [4.69, 9.17) is 4.74 Å². The Hall–Kier alpha value is 0.200. The van der Waals surface area contributed by atoms with Crippen LogP contribution in [0.1, 0.15) is 6.92 Å². The summed E-state index contributed by atoms with van der Waals surface area (Å²) in [7, 11) is 1.63. The van der Waals surface area contributed by atoms with Crippen molar-refractivity contribution >= 4 is 31.6 Å². The minimum absolute atomic E-state index is 0.0818. The fraction of sp³-hybridized carbons (Fsp3) is 0.571. The zero-order valence-corrected chi connectivity index (χ0v) is 9.11. The van der Waals surface area contributed by atoms with Crippen molar-refractivity contribution in [3.63, 3.8) is 0 Å². The molecule has 2 nitrogen and oxygen atoms in total. The lowest BCUT2D eigenvalue weighted by atomic mass is 10.7. The van der Waals surface area contributed by atoms with E-state index in [2.05, 4.69) is 27.5 Å². The Morgan fingerprint density at radius 2 is 2.55 bits per heavy atom. The first-order valence-electron chi connectivity index (χ1n) is 3.20. The van der Waals surface area contributed by atoms with Gasteiger partial charge in [-0.05, 0) is 22.9 Å². The van der Waals surface area contributed by atoms with E-state index in [-0.39, 0.29) is 6.23 Å². The Bertz CT molecular complexity index is 149. The highest BCUT2D eigenvalue weighted by atomic mass is 79.9. The van der Waals surface area contributed by atoms with Crippen LogP contribution in [0.4, 0.5) is 0 Å². The third-order valence-corrected chi connectivity index (χ3v) is 2.58. The summed E-state index contributed by atoms with van der Waals surface area (Å²) < 4.78 is 5.80. The van der Waals surface area contributed by atoms with E-state index in [9.17, 15) is 0 Å². The molecule has 0 saturated heterocycles. The molecule has 0 aromatic carbocycles. The Labute approximate surface area is 80.2 Å². The highest BCUT2D eigenvalue weighted by molar-refractivity contribution is 9.22. The van der Waals surface area contributed by atoms with Crippen LogP contribution in [-0.2, 0) is 4.74 Å². The van der Waals surface area contributed by atoms with Gasteiger partial charge in [-0.15, -0.1) is 6.58 Å². The summed E-state index contributed by atoms with van der Waals surface area (Å²) in [6, 6.07) is 0. The van der Waals surface area contributed by atoms with Crippen molar-refractivity contribution in [3.05, 3.63) is 12.7 Å². The van der Waals surface area contributed by atoms with Crippen LogP contribution < -0.4 is 0 Å². The SMILES string of the molecule is C=CCSC(Br)=NC(C)OC. The predicted molar refractivity (Wildman–Crippen MR) is 55.5 cm³/mol. The topological polar surface area (TPSA) is 21.6 Å². The van der Waals surface area contributed by atoms with Gasteiger partial charge in [0.15, 0.2) is 0 Å². The van der Waals surface area contributed by atoms with Crippen molar-refractivity contribution in [1.29, 1.82) is 0 Å². The van der Waals surface area contributed by atoms with Gasteiger partial charge in [0.05, 0.1) is 0 Å². The molecule has 0 spiro atoms. The van der Waals surface area contributed by atoms with Gasteiger partial charge in [-0.3, -0.25) is 0 Å². The summed E-state index contributed by atoms with van der Waals surface area (Å²) in [4.78, 5) is 4.16. The molecule has 0 aliphatic rings. The second-order valence-electron chi connectivity index (χ2n) is 1.82. The highest BCUT2D eigenvalue weighted by Gasteiger charge is 1.97. The van der Waals surface area contributed by atoms with Gasteiger partial charge in [0, 0.05) is 12.9 Å². The molecule has 64 valence electrons. The van der Waals surface area contributed by atoms with Crippen LogP contribution in [0.25, 0.3) is 0 Å². The molecule has 0 rings (SSSR count). The fourth-order valence-electron chi connectivity index (χ4n) is 0.361. The first kappa shape index (κ1) is 11.2. The van der Waals surface area contributed by atoms with Gasteiger partial charge in [-0.25, -0.2) is 4.99 Å². The maximum atomic E-state index is 4.94. The summed E-state index contributed by atoms with van der Waals surface area (Å²) in [6.07, 6.45) is 1.75. The van der Waals surface area contributed by atoms with Crippen molar-refractivity contribution in [2.75, 3.05) is 12.9 Å². The van der Waals surface area contributed by atoms with Crippen molar-refractivity contribution < 1.29 is 4.74 Å². The van der Waals surface area contributed by atoms with Crippen molar-refractivity contribution in [2.45, 2.75) is 13.2 Å². The van der Waals surface area contributed by atoms with Crippen LogP contribution in [0, 0.1) is 0 Å². The molecule has 0 aliphatic heterocycles. The highest BCUT2D eigenvalue weighted by Crippen LogP contribution is 2.11. The van der Waals surface area contributed by atoms with E-state index in [1.807, 2.05) is 13.0 Å². The summed E-state index contributed by atoms with van der Waals surface area (Å²) in [5, 5.41) is 0. The van der Waals surface area contributed by atoms with Crippen LogP contribution in [-0.4, -0.2) is 23.0 Å². The first-order valence-corrected chi connectivity index (χ1v) is 4.98. The molecular formula is C7H12BrNOS. The number of rotatable bonds is 4. The zero-order chi connectivity index (χ0) is 8.69. The van der Waals surface area contributed by atoms with Crippen LogP contribution in [0.3, 0.4) is 0 Å². The lowest BCUT2D eigenvalue weighted by molar-refractivity contribution is 0.127. The molecule has 0 amide bonds. The van der Waals surface area contributed by atoms with E-state index < -0.39 is 0 Å². The van der Waals surface area contributed by atoms with Gasteiger partial charge in [-0.2, -0.15) is 0 Å². The van der Waals surface area contributed by atoms with Gasteiger partial charge < -0.3 is 4.74 Å². The molecule has 1 unspecified atom stereocenters. The minimum atomic E-state index is -0.0818. The monoisotopic (exact) mass is 237 g/mol. The summed E-state index contributed by atoms with van der Waals surface area (Å²) >= 11 is 4.89. The lowest BCUT2D eigenvalue weighted by Crippen LogP contribution is -2.01. The quantitative estimate of drug-likeness (QED) is 0.426. The largest absolute Gasteiger partial charge is 0.360 e. The molecular weight excluding hydrogens is 226 g/mol. The molecule has 0 radical (unpaired) electrons. The van der Waals surface area contributed by atoms with E-state index in [0.717, 1.165) is 9.71 Å². The maximum absolute atomic E-state index is 4.94. The van der Waals surface area contributed by atoms with Crippen LogP contribution >= 0.6 is 27.7 Å². The van der Waals surface area contributed by atoms with Gasteiger partial charge in [0.1, 0.15) is 10.2 Å². The van der Waals surface area contributed by atoms with Crippen LogP contribution in [0.15, 0.2) is 17.6 Å². The van der Waals surface area contributed by atoms with Crippen molar-refractivity contribution in [1.82, 2.24) is 0 Å². The van der Waals surface area contributed by atoms with Gasteiger partial charge in [0.2, 0.25) is 0 Å². The number of halogens is 1. The second-order valence-corrected chi connectivity index (χ2v) is 4.10. The number of methoxy groups -OCH3 is 1. The maximum Gasteiger partial charge on any atom is 0.147 e. The van der Waals surface area contributed by atoms with Crippen LogP contribution in [0.2, 0.25) is 0 Å². The average molecular weight is 238 g/mol. The number of aliphatic imine (C=N–C) groups is 1. The molecule has 4 heteroatoms. The van der Waals surface area contributed by atoms with Gasteiger partial charge in [0.25, 0.3) is 0 Å². The van der Waals surface area contributed by atoms with E-state index in [1.165, 1.54) is 0 Å². The van der Waals surface area contributed by atoms with Gasteiger partial charge in [-0.1, -0.05) is 17.8 Å². The first-order chi connectivity index (χ1) is 5.20. The van der Waals surface area contributed by atoms with Crippen LogP contribution in [0.5, 0.6) is 0 Å². The summed E-state index contributed by atoms with van der Waals surface area (Å²) in [5.74, 6) is 0.862. The number of ether oxygens (including phenoxy) is 1. The minimum Gasteiger partial charge on any atom is -0.360 e. The molecule has 0 aromatic rings. The third kappa shape index (κ3) is 6.59. The zero-order valence-electron chi connectivity index (χ0n) is 6.71. The molecule has 0 aliphatic carbocycles. The molecule has 0 fully saturated rings. The molecule has 11 heavy (non-hydrogen) atoms.